The third kappa shape index (κ3) is 8.70. The van der Waals surface area contributed by atoms with Crippen molar-refractivity contribution in [1.29, 1.82) is 0 Å². The molecule has 1 saturated carbocycles. The van der Waals surface area contributed by atoms with Crippen LogP contribution in [-0.4, -0.2) is 125 Å². The molecule has 4 aliphatic heterocycles. The van der Waals surface area contributed by atoms with Crippen LogP contribution < -0.4 is 36.0 Å². The lowest BCUT2D eigenvalue weighted by molar-refractivity contribution is -0.137. The zero-order valence-corrected chi connectivity index (χ0v) is 37.6. The van der Waals surface area contributed by atoms with Crippen molar-refractivity contribution in [2.75, 3.05) is 68.0 Å². The molecule has 2 aromatic carbocycles. The van der Waals surface area contributed by atoms with E-state index in [0.29, 0.717) is 45.5 Å². The van der Waals surface area contributed by atoms with Crippen LogP contribution in [0.5, 0.6) is 5.75 Å². The van der Waals surface area contributed by atoms with Gasteiger partial charge in [-0.1, -0.05) is 23.2 Å². The van der Waals surface area contributed by atoms with Gasteiger partial charge in [-0.2, -0.15) is 4.98 Å². The molecule has 338 valence electrons. The minimum atomic E-state index is -0.675. The van der Waals surface area contributed by atoms with Crippen LogP contribution >= 0.6 is 23.2 Å². The predicted octanol–water partition coefficient (Wildman–Crippen LogP) is 4.65. The summed E-state index contributed by atoms with van der Waals surface area (Å²) in [6.07, 6.45) is 6.24. The van der Waals surface area contributed by atoms with E-state index in [9.17, 15) is 24.0 Å². The number of hydrogen-bond donors (Lipinski definition) is 3. The predicted molar refractivity (Wildman–Crippen MR) is 243 cm³/mol. The number of carbonyl (C=O) groups is 4. The fourth-order valence-electron chi connectivity index (χ4n) is 9.54. The van der Waals surface area contributed by atoms with E-state index in [1.165, 1.54) is 11.9 Å². The average Bonchev–Trinajstić information content (AvgIpc) is 3.61. The first-order chi connectivity index (χ1) is 30.8. The number of imide groups is 1. The molecule has 2 aromatic heterocycles. The fourth-order valence-corrected chi connectivity index (χ4v) is 10.0. The molecule has 1 atom stereocenters. The maximum absolute atomic E-state index is 13.3. The van der Waals surface area contributed by atoms with Crippen molar-refractivity contribution in [2.45, 2.75) is 89.3 Å². The highest BCUT2D eigenvalue weighted by molar-refractivity contribution is 6.35. The summed E-state index contributed by atoms with van der Waals surface area (Å²) < 4.78 is 13.9. The van der Waals surface area contributed by atoms with Gasteiger partial charge in [0.2, 0.25) is 17.8 Å². The standard InChI is InChI=1S/C45H52Cl2N10O7/c1-25(2)57-34-6-4-27(18-26(34)19-37(44(57)62)63-24-39(59)48-3)50-41-33(46)22-49-45(52-41)55-12-10-29(11-13-55)64-30-20-28(21-30)53-14-16-54(17-15-53)35-7-5-31-32(40(35)47)23-56(43(31)61)36-8-9-38(58)51-42(36)60/h4-7,18-19,22,25,28-30,36H,8-17,20-21,23-24H2,1-3H3,(H,48,59)(H,49,50,52)(H,51,58,60). The van der Waals surface area contributed by atoms with Crippen molar-refractivity contribution in [1.82, 2.24) is 35.0 Å². The summed E-state index contributed by atoms with van der Waals surface area (Å²) in [6.45, 7) is 8.77. The van der Waals surface area contributed by atoms with Crippen molar-refractivity contribution in [2.24, 2.45) is 0 Å². The Morgan fingerprint density at radius 3 is 2.42 bits per heavy atom. The summed E-state index contributed by atoms with van der Waals surface area (Å²) in [5, 5.41) is 9.87. The number of halogens is 2. The highest BCUT2D eigenvalue weighted by atomic mass is 35.5. The van der Waals surface area contributed by atoms with Crippen LogP contribution in [0.3, 0.4) is 0 Å². The second-order valence-corrected chi connectivity index (χ2v) is 18.2. The number of aromatic nitrogens is 3. The van der Waals surface area contributed by atoms with E-state index in [2.05, 4.69) is 35.6 Å². The molecule has 64 heavy (non-hydrogen) atoms. The summed E-state index contributed by atoms with van der Waals surface area (Å²) in [4.78, 5) is 80.4. The van der Waals surface area contributed by atoms with Gasteiger partial charge in [-0.3, -0.25) is 34.2 Å². The van der Waals surface area contributed by atoms with Gasteiger partial charge < -0.3 is 39.4 Å². The maximum atomic E-state index is 13.3. The van der Waals surface area contributed by atoms with Gasteiger partial charge >= 0.3 is 0 Å². The second kappa shape index (κ2) is 18.2. The molecule has 4 aromatic rings. The number of amides is 4. The van der Waals surface area contributed by atoms with Gasteiger partial charge in [0, 0.05) is 93.6 Å². The van der Waals surface area contributed by atoms with Gasteiger partial charge in [0.15, 0.2) is 18.2 Å². The van der Waals surface area contributed by atoms with Crippen LogP contribution in [0.1, 0.15) is 74.3 Å². The Morgan fingerprint density at radius 1 is 0.938 bits per heavy atom. The molecule has 19 heteroatoms. The van der Waals surface area contributed by atoms with E-state index in [-0.39, 0.29) is 66.9 Å². The van der Waals surface area contributed by atoms with Crippen molar-refractivity contribution in [3.05, 3.63) is 74.1 Å². The fraction of sp³-hybridized carbons (Fsp3) is 0.489. The number of ether oxygens (including phenoxy) is 2. The maximum Gasteiger partial charge on any atom is 0.293 e. The lowest BCUT2D eigenvalue weighted by Gasteiger charge is -2.47. The molecule has 1 aliphatic carbocycles. The van der Waals surface area contributed by atoms with Crippen LogP contribution in [0.25, 0.3) is 10.9 Å². The molecule has 6 heterocycles. The SMILES string of the molecule is CNC(=O)COc1cc2cc(Nc3nc(N4CCC(OC5CC(N6CCN(c7ccc8c(c7Cl)CN(C7CCC(=O)NC7=O)C8=O)CC6)C5)CC4)ncc3Cl)ccc2n(C(C)C)c1=O. The van der Waals surface area contributed by atoms with E-state index in [4.69, 9.17) is 37.7 Å². The Kier molecular flexibility index (Phi) is 12.4. The average molecular weight is 916 g/mol. The number of benzene rings is 2. The Labute approximate surface area is 380 Å². The lowest BCUT2D eigenvalue weighted by Crippen LogP contribution is -2.56. The van der Waals surface area contributed by atoms with E-state index in [1.807, 2.05) is 44.2 Å². The number of likely N-dealkylation sites (N-methyl/N-ethyl adjacent to an activating group) is 1. The summed E-state index contributed by atoms with van der Waals surface area (Å²) >= 11 is 13.6. The van der Waals surface area contributed by atoms with E-state index >= 15 is 0 Å². The number of fused-ring (bicyclic) bond motifs is 2. The molecule has 0 radical (unpaired) electrons. The Hall–Kier alpha value is -5.49. The Morgan fingerprint density at radius 2 is 1.70 bits per heavy atom. The third-order valence-corrected chi connectivity index (χ3v) is 13.8. The summed E-state index contributed by atoms with van der Waals surface area (Å²) in [6, 6.07) is 10.7. The number of piperazine rings is 1. The van der Waals surface area contributed by atoms with Gasteiger partial charge in [0.05, 0.1) is 34.6 Å². The highest BCUT2D eigenvalue weighted by Gasteiger charge is 2.41. The number of rotatable bonds is 12. The van der Waals surface area contributed by atoms with Crippen molar-refractivity contribution >= 4 is 80.9 Å². The molecule has 4 amide bonds. The quantitative estimate of drug-likeness (QED) is 0.167. The first kappa shape index (κ1) is 43.7. The number of piperidine rings is 2. The number of anilines is 4. The summed E-state index contributed by atoms with van der Waals surface area (Å²) in [5.74, 6) is -0.167. The number of pyridine rings is 1. The molecule has 9 rings (SSSR count). The molecule has 3 saturated heterocycles. The molecule has 4 fully saturated rings. The van der Waals surface area contributed by atoms with Gasteiger partial charge in [-0.15, -0.1) is 0 Å². The van der Waals surface area contributed by atoms with Gasteiger partial charge in [-0.25, -0.2) is 4.98 Å². The van der Waals surface area contributed by atoms with Crippen LogP contribution in [0.15, 0.2) is 47.4 Å². The Balaban J connectivity index is 0.746. The monoisotopic (exact) mass is 914 g/mol. The van der Waals surface area contributed by atoms with E-state index in [1.54, 1.807) is 16.8 Å². The van der Waals surface area contributed by atoms with Crippen LogP contribution in [0, 0.1) is 0 Å². The van der Waals surface area contributed by atoms with Crippen LogP contribution in [0.2, 0.25) is 10.0 Å². The van der Waals surface area contributed by atoms with E-state index in [0.717, 1.165) is 87.1 Å². The largest absolute Gasteiger partial charge is 0.478 e. The topological polar surface area (TPSA) is 184 Å². The summed E-state index contributed by atoms with van der Waals surface area (Å²) in [7, 11) is 1.51. The van der Waals surface area contributed by atoms with Crippen LogP contribution in [0.4, 0.5) is 23.1 Å². The first-order valence-corrected chi connectivity index (χ1v) is 22.8. The molecule has 5 aliphatic rings. The number of hydrogen-bond acceptors (Lipinski definition) is 13. The van der Waals surface area contributed by atoms with Crippen molar-refractivity contribution in [3.8, 4) is 5.75 Å². The molecule has 0 bridgehead atoms. The first-order valence-electron chi connectivity index (χ1n) is 22.0. The van der Waals surface area contributed by atoms with Gasteiger partial charge in [0.25, 0.3) is 17.4 Å². The molecule has 0 spiro atoms. The van der Waals surface area contributed by atoms with Crippen molar-refractivity contribution in [3.63, 3.8) is 0 Å². The zero-order chi connectivity index (χ0) is 44.8. The van der Waals surface area contributed by atoms with E-state index < -0.39 is 11.9 Å². The molecular weight excluding hydrogens is 863 g/mol. The van der Waals surface area contributed by atoms with Crippen LogP contribution in [-0.2, 0) is 25.7 Å². The molecule has 17 nitrogen and oxygen atoms in total. The number of carbonyl (C=O) groups excluding carboxylic acids is 4. The van der Waals surface area contributed by atoms with Crippen molar-refractivity contribution < 1.29 is 28.7 Å². The molecule has 1 unspecified atom stereocenters. The lowest BCUT2D eigenvalue weighted by atomic mass is 9.87. The number of nitrogens with zero attached hydrogens (tertiary/aromatic N) is 7. The second-order valence-electron chi connectivity index (χ2n) is 17.4. The number of nitrogens with one attached hydrogen (secondary N) is 3. The molecular formula is C45H52Cl2N10O7. The van der Waals surface area contributed by atoms with Gasteiger partial charge in [0.1, 0.15) is 11.1 Å². The highest BCUT2D eigenvalue weighted by Crippen LogP contribution is 2.40. The Bertz CT molecular complexity index is 2550. The zero-order valence-electron chi connectivity index (χ0n) is 36.1. The minimum absolute atomic E-state index is 0.0903. The smallest absolute Gasteiger partial charge is 0.293 e. The van der Waals surface area contributed by atoms with Gasteiger partial charge in [-0.05, 0) is 82.3 Å². The molecule has 3 N–H and O–H groups in total. The normalized spacial score (nSPS) is 21.9. The third-order valence-electron chi connectivity index (χ3n) is 13.1. The summed E-state index contributed by atoms with van der Waals surface area (Å²) in [5.41, 5.74) is 3.30. The minimum Gasteiger partial charge on any atom is -0.478 e.